The quantitative estimate of drug-likeness (QED) is 0.642. The Bertz CT molecular complexity index is 401. The highest BCUT2D eigenvalue weighted by atomic mass is 16.4. The number of carboxylic acids is 1. The van der Waals surface area contributed by atoms with Crippen molar-refractivity contribution in [2.75, 3.05) is 27.2 Å². The van der Waals surface area contributed by atoms with Crippen LogP contribution in [0.3, 0.4) is 0 Å². The molecule has 2 N–H and O–H groups in total. The van der Waals surface area contributed by atoms with Crippen molar-refractivity contribution in [1.82, 2.24) is 15.1 Å². The van der Waals surface area contributed by atoms with E-state index >= 15 is 0 Å². The van der Waals surface area contributed by atoms with E-state index in [4.69, 9.17) is 11.5 Å². The molecule has 0 bridgehead atoms. The third-order valence-electron chi connectivity index (χ3n) is 2.52. The van der Waals surface area contributed by atoms with Crippen LogP contribution in [0.15, 0.2) is 0 Å². The number of hydrogen-bond donors (Lipinski definition) is 2. The lowest BCUT2D eigenvalue weighted by Crippen LogP contribution is -2.50. The van der Waals surface area contributed by atoms with Gasteiger partial charge in [-0.3, -0.25) is 4.79 Å². The molecule has 0 heterocycles. The van der Waals surface area contributed by atoms with Gasteiger partial charge < -0.3 is 20.2 Å². The van der Waals surface area contributed by atoms with E-state index in [2.05, 4.69) is 11.2 Å². The number of terminal acetylenes is 1. The Morgan fingerprint density at radius 2 is 1.95 bits per heavy atom. The topological polar surface area (TPSA) is 90.0 Å². The summed E-state index contributed by atoms with van der Waals surface area (Å²) >= 11 is 0. The number of nitrogens with one attached hydrogen (secondary N) is 1. The number of carbonyl (C=O) groups excluding carboxylic acids is 2. The standard InChI is InChI=1S/C13H21N3O4/c1-5-7-10(12(18)19)14-13(20)16(8-6-2)9-11(17)15(3)4/h1,10H,6-9H2,2-4H3,(H,14,20)(H,18,19). The second kappa shape index (κ2) is 8.80. The summed E-state index contributed by atoms with van der Waals surface area (Å²) in [4.78, 5) is 37.2. The molecule has 0 radical (unpaired) electrons. The summed E-state index contributed by atoms with van der Waals surface area (Å²) in [5, 5.41) is 11.3. The fourth-order valence-electron chi connectivity index (χ4n) is 1.39. The molecule has 1 unspecified atom stereocenters. The first kappa shape index (κ1) is 17.8. The Morgan fingerprint density at radius 3 is 2.35 bits per heavy atom. The van der Waals surface area contributed by atoms with Gasteiger partial charge in [0.15, 0.2) is 0 Å². The highest BCUT2D eigenvalue weighted by molar-refractivity contribution is 5.86. The van der Waals surface area contributed by atoms with Gasteiger partial charge in [-0.1, -0.05) is 6.92 Å². The predicted octanol–water partition coefficient (Wildman–Crippen LogP) is -0.0273. The van der Waals surface area contributed by atoms with Crippen LogP contribution in [0, 0.1) is 12.3 Å². The van der Waals surface area contributed by atoms with Crippen molar-refractivity contribution in [1.29, 1.82) is 0 Å². The van der Waals surface area contributed by atoms with Crippen molar-refractivity contribution in [3.05, 3.63) is 0 Å². The van der Waals surface area contributed by atoms with Crippen LogP contribution in [0.4, 0.5) is 4.79 Å². The van der Waals surface area contributed by atoms with Crippen molar-refractivity contribution in [3.8, 4) is 12.3 Å². The molecule has 0 spiro atoms. The minimum Gasteiger partial charge on any atom is -0.480 e. The molecule has 0 aliphatic rings. The summed E-state index contributed by atoms with van der Waals surface area (Å²) in [6, 6.07) is -1.76. The van der Waals surface area contributed by atoms with E-state index < -0.39 is 18.0 Å². The molecular weight excluding hydrogens is 262 g/mol. The molecule has 112 valence electrons. The molecule has 0 aromatic rings. The fourth-order valence-corrected chi connectivity index (χ4v) is 1.39. The molecule has 0 aromatic carbocycles. The minimum atomic E-state index is -1.20. The summed E-state index contributed by atoms with van der Waals surface area (Å²) in [6.45, 7) is 2.11. The number of rotatable bonds is 7. The van der Waals surface area contributed by atoms with E-state index in [0.29, 0.717) is 13.0 Å². The van der Waals surface area contributed by atoms with Crippen molar-refractivity contribution in [2.45, 2.75) is 25.8 Å². The molecular formula is C13H21N3O4. The first-order chi connectivity index (χ1) is 9.33. The Kier molecular flexibility index (Phi) is 7.82. The van der Waals surface area contributed by atoms with Crippen LogP contribution in [0.1, 0.15) is 19.8 Å². The van der Waals surface area contributed by atoms with Gasteiger partial charge in [0.1, 0.15) is 12.6 Å². The summed E-state index contributed by atoms with van der Waals surface area (Å²) in [5.41, 5.74) is 0. The minimum absolute atomic E-state index is 0.102. The van der Waals surface area contributed by atoms with Gasteiger partial charge in [-0.05, 0) is 6.42 Å². The lowest BCUT2D eigenvalue weighted by atomic mass is 10.2. The third-order valence-corrected chi connectivity index (χ3v) is 2.52. The Morgan fingerprint density at radius 1 is 1.35 bits per heavy atom. The first-order valence-electron chi connectivity index (χ1n) is 6.25. The number of aliphatic carboxylic acids is 1. The maximum atomic E-state index is 12.0. The van der Waals surface area contributed by atoms with Crippen molar-refractivity contribution in [2.24, 2.45) is 0 Å². The Hall–Kier alpha value is -2.23. The molecule has 0 aromatic heterocycles. The van der Waals surface area contributed by atoms with Crippen LogP contribution < -0.4 is 5.32 Å². The van der Waals surface area contributed by atoms with E-state index in [0.717, 1.165) is 0 Å². The number of likely N-dealkylation sites (N-methyl/N-ethyl adjacent to an activating group) is 1. The zero-order valence-corrected chi connectivity index (χ0v) is 12.0. The Labute approximate surface area is 118 Å². The van der Waals surface area contributed by atoms with Gasteiger partial charge in [0.2, 0.25) is 5.91 Å². The highest BCUT2D eigenvalue weighted by Gasteiger charge is 2.23. The maximum Gasteiger partial charge on any atom is 0.327 e. The zero-order valence-electron chi connectivity index (χ0n) is 12.0. The molecule has 0 saturated heterocycles. The third kappa shape index (κ3) is 6.09. The predicted molar refractivity (Wildman–Crippen MR) is 74.0 cm³/mol. The number of nitrogens with zero attached hydrogens (tertiary/aromatic N) is 2. The molecule has 0 rings (SSSR count). The molecule has 7 nitrogen and oxygen atoms in total. The molecule has 0 saturated carbocycles. The molecule has 3 amide bonds. The summed E-state index contributed by atoms with van der Waals surface area (Å²) in [7, 11) is 3.17. The first-order valence-corrected chi connectivity index (χ1v) is 6.25. The zero-order chi connectivity index (χ0) is 15.7. The lowest BCUT2D eigenvalue weighted by Gasteiger charge is -2.25. The van der Waals surface area contributed by atoms with Gasteiger partial charge in [-0.15, -0.1) is 12.3 Å². The van der Waals surface area contributed by atoms with E-state index in [9.17, 15) is 14.4 Å². The van der Waals surface area contributed by atoms with Crippen molar-refractivity contribution >= 4 is 17.9 Å². The summed E-state index contributed by atoms with van der Waals surface area (Å²) in [6.07, 6.45) is 5.60. The van der Waals surface area contributed by atoms with Gasteiger partial charge in [-0.25, -0.2) is 9.59 Å². The molecule has 20 heavy (non-hydrogen) atoms. The highest BCUT2D eigenvalue weighted by Crippen LogP contribution is 1.98. The fraction of sp³-hybridized carbons (Fsp3) is 0.615. The second-order valence-corrected chi connectivity index (χ2v) is 4.46. The molecule has 0 aliphatic heterocycles. The van der Waals surface area contributed by atoms with E-state index in [1.807, 2.05) is 6.92 Å². The molecule has 0 aliphatic carbocycles. The number of carboxylic acid groups (broad SMARTS) is 1. The number of amides is 3. The van der Waals surface area contributed by atoms with Gasteiger partial charge in [0.25, 0.3) is 0 Å². The molecule has 0 fully saturated rings. The number of hydrogen-bond acceptors (Lipinski definition) is 3. The van der Waals surface area contributed by atoms with E-state index in [1.165, 1.54) is 9.80 Å². The lowest BCUT2D eigenvalue weighted by molar-refractivity contribution is -0.139. The van der Waals surface area contributed by atoms with Crippen LogP contribution in [-0.4, -0.2) is 66.0 Å². The maximum absolute atomic E-state index is 12.0. The van der Waals surface area contributed by atoms with Crippen LogP contribution in [0.5, 0.6) is 0 Å². The van der Waals surface area contributed by atoms with Crippen molar-refractivity contribution in [3.63, 3.8) is 0 Å². The second-order valence-electron chi connectivity index (χ2n) is 4.46. The molecule has 7 heteroatoms. The van der Waals surface area contributed by atoms with Crippen LogP contribution in [-0.2, 0) is 9.59 Å². The average molecular weight is 283 g/mol. The van der Waals surface area contributed by atoms with Crippen LogP contribution in [0.2, 0.25) is 0 Å². The van der Waals surface area contributed by atoms with Gasteiger partial charge in [0.05, 0.1) is 0 Å². The normalized spacial score (nSPS) is 11.1. The van der Waals surface area contributed by atoms with Gasteiger partial charge >= 0.3 is 12.0 Å². The summed E-state index contributed by atoms with van der Waals surface area (Å²) < 4.78 is 0. The van der Waals surface area contributed by atoms with Crippen LogP contribution >= 0.6 is 0 Å². The average Bonchev–Trinajstić information content (AvgIpc) is 2.37. The van der Waals surface area contributed by atoms with Crippen molar-refractivity contribution < 1.29 is 19.5 Å². The van der Waals surface area contributed by atoms with E-state index in [1.54, 1.807) is 14.1 Å². The number of urea groups is 1. The monoisotopic (exact) mass is 283 g/mol. The van der Waals surface area contributed by atoms with E-state index in [-0.39, 0.29) is 18.9 Å². The van der Waals surface area contributed by atoms with Gasteiger partial charge in [0, 0.05) is 27.1 Å². The summed E-state index contributed by atoms with van der Waals surface area (Å²) in [5.74, 6) is 0.755. The largest absolute Gasteiger partial charge is 0.480 e. The van der Waals surface area contributed by atoms with Crippen LogP contribution in [0.25, 0.3) is 0 Å². The SMILES string of the molecule is C#CCC(NC(=O)N(CCC)CC(=O)N(C)C)C(=O)O. The number of carbonyl (C=O) groups is 3. The Balaban J connectivity index is 4.75. The smallest absolute Gasteiger partial charge is 0.327 e. The van der Waals surface area contributed by atoms with Gasteiger partial charge in [-0.2, -0.15) is 0 Å². The molecule has 1 atom stereocenters.